The molecule has 0 aliphatic heterocycles. The van der Waals surface area contributed by atoms with Gasteiger partial charge in [-0.1, -0.05) is 45.8 Å². The van der Waals surface area contributed by atoms with Crippen LogP contribution < -0.4 is 5.32 Å². The van der Waals surface area contributed by atoms with Gasteiger partial charge in [0.25, 0.3) is 0 Å². The molecule has 74 valence electrons. The summed E-state index contributed by atoms with van der Waals surface area (Å²) in [5.74, 6) is 0. The Balaban J connectivity index is 3.76. The van der Waals surface area contributed by atoms with Crippen molar-refractivity contribution in [3.05, 3.63) is 0 Å². The van der Waals surface area contributed by atoms with Crippen LogP contribution in [0.15, 0.2) is 0 Å². The van der Waals surface area contributed by atoms with Crippen molar-refractivity contribution in [3.8, 4) is 0 Å². The minimum atomic E-state index is -0.817. The molecule has 0 radical (unpaired) electrons. The zero-order chi connectivity index (χ0) is 9.45. The van der Waals surface area contributed by atoms with Crippen LogP contribution in [-0.2, 0) is 0 Å². The van der Waals surface area contributed by atoms with E-state index in [9.17, 15) is 0 Å². The van der Waals surface area contributed by atoms with Gasteiger partial charge in [-0.15, -0.1) is 0 Å². The lowest BCUT2D eigenvalue weighted by Gasteiger charge is -2.27. The highest BCUT2D eigenvalue weighted by molar-refractivity contribution is 6.79. The van der Waals surface area contributed by atoms with E-state index >= 15 is 0 Å². The molecule has 0 aromatic carbocycles. The van der Waals surface area contributed by atoms with Crippen molar-refractivity contribution in [2.75, 3.05) is 13.1 Å². The van der Waals surface area contributed by atoms with Gasteiger partial charge in [-0.25, -0.2) is 0 Å². The van der Waals surface area contributed by atoms with Gasteiger partial charge in [0.15, 0.2) is 0 Å². The van der Waals surface area contributed by atoms with E-state index < -0.39 is 8.07 Å². The maximum Gasteiger partial charge on any atom is 0.0540 e. The third-order valence-corrected chi connectivity index (χ3v) is 9.14. The molecular weight excluding hydrogens is 162 g/mol. The summed E-state index contributed by atoms with van der Waals surface area (Å²) in [7, 11) is -0.817. The molecule has 0 aliphatic carbocycles. The summed E-state index contributed by atoms with van der Waals surface area (Å²) in [6.07, 6.45) is 0. The highest BCUT2D eigenvalue weighted by Gasteiger charge is 2.25. The van der Waals surface area contributed by atoms with E-state index in [1.54, 1.807) is 0 Å². The van der Waals surface area contributed by atoms with Crippen molar-refractivity contribution >= 4 is 8.07 Å². The Hall–Kier alpha value is 0.177. The maximum atomic E-state index is 3.44. The van der Waals surface area contributed by atoms with Crippen molar-refractivity contribution in [2.45, 2.75) is 51.9 Å². The van der Waals surface area contributed by atoms with E-state index in [0.717, 1.165) is 6.54 Å². The molecule has 1 N–H and O–H groups in total. The fraction of sp³-hybridized carbons (Fsp3) is 1.00. The van der Waals surface area contributed by atoms with E-state index in [-0.39, 0.29) is 0 Å². The molecule has 0 spiro atoms. The normalized spacial score (nSPS) is 12.0. The molecule has 0 atom stereocenters. The number of rotatable bonds is 7. The van der Waals surface area contributed by atoms with Crippen LogP contribution in [-0.4, -0.2) is 21.2 Å². The third-order valence-electron chi connectivity index (χ3n) is 3.33. The Bertz CT molecular complexity index is 91.7. The average molecular weight is 187 g/mol. The fourth-order valence-electron chi connectivity index (χ4n) is 1.81. The van der Waals surface area contributed by atoms with Gasteiger partial charge in [0.2, 0.25) is 0 Å². The number of hydrogen-bond donors (Lipinski definition) is 1. The summed E-state index contributed by atoms with van der Waals surface area (Å²) in [6.45, 7) is 11.7. The molecule has 0 rings (SSSR count). The summed E-state index contributed by atoms with van der Waals surface area (Å²) in [6, 6.07) is 5.87. The van der Waals surface area contributed by atoms with Crippen molar-refractivity contribution in [1.82, 2.24) is 5.32 Å². The Kier molecular flexibility index (Phi) is 6.77. The lowest BCUT2D eigenvalue weighted by Crippen LogP contribution is -2.35. The lowest BCUT2D eigenvalue weighted by atomic mass is 10.7. The zero-order valence-corrected chi connectivity index (χ0v) is 10.2. The average Bonchev–Trinajstić information content (AvgIpc) is 2.14. The summed E-state index contributed by atoms with van der Waals surface area (Å²) >= 11 is 0. The molecule has 0 unspecified atom stereocenters. The van der Waals surface area contributed by atoms with Gasteiger partial charge >= 0.3 is 0 Å². The molecule has 1 nitrogen and oxygen atoms in total. The Morgan fingerprint density at radius 3 is 1.75 bits per heavy atom. The topological polar surface area (TPSA) is 12.0 Å². The van der Waals surface area contributed by atoms with Crippen LogP contribution in [0.3, 0.4) is 0 Å². The van der Waals surface area contributed by atoms with Crippen LogP contribution >= 0.6 is 0 Å². The van der Waals surface area contributed by atoms with Crippen molar-refractivity contribution in [3.63, 3.8) is 0 Å². The minimum absolute atomic E-state index is 0.817. The molecular formula is C10H25NSi. The predicted molar refractivity (Wildman–Crippen MR) is 60.5 cm³/mol. The van der Waals surface area contributed by atoms with E-state index in [0.29, 0.717) is 0 Å². The van der Waals surface area contributed by atoms with Gasteiger partial charge < -0.3 is 5.32 Å². The van der Waals surface area contributed by atoms with E-state index in [1.807, 2.05) is 0 Å². The third kappa shape index (κ3) is 3.72. The Labute approximate surface area is 79.0 Å². The van der Waals surface area contributed by atoms with Gasteiger partial charge in [-0.05, 0) is 19.1 Å². The van der Waals surface area contributed by atoms with Crippen LogP contribution in [0.5, 0.6) is 0 Å². The second-order valence-electron chi connectivity index (χ2n) is 3.66. The van der Waals surface area contributed by atoms with Gasteiger partial charge in [-0.3, -0.25) is 0 Å². The van der Waals surface area contributed by atoms with Gasteiger partial charge in [0.1, 0.15) is 0 Å². The van der Waals surface area contributed by atoms with E-state index in [4.69, 9.17) is 0 Å². The number of nitrogens with one attached hydrogen (secondary N) is 1. The maximum absolute atomic E-state index is 3.44. The van der Waals surface area contributed by atoms with Crippen LogP contribution in [0.25, 0.3) is 0 Å². The summed E-state index contributed by atoms with van der Waals surface area (Å²) in [5, 5.41) is 3.44. The second kappa shape index (κ2) is 6.67. The molecule has 0 bridgehead atoms. The highest BCUT2D eigenvalue weighted by atomic mass is 28.3. The predicted octanol–water partition coefficient (Wildman–Crippen LogP) is 3.10. The smallest absolute Gasteiger partial charge is 0.0540 e. The van der Waals surface area contributed by atoms with Crippen LogP contribution in [0.4, 0.5) is 0 Å². The van der Waals surface area contributed by atoms with Crippen LogP contribution in [0, 0.1) is 0 Å². The van der Waals surface area contributed by atoms with Crippen LogP contribution in [0.1, 0.15) is 27.7 Å². The summed E-state index contributed by atoms with van der Waals surface area (Å²) in [5.41, 5.74) is 0. The summed E-state index contributed by atoms with van der Waals surface area (Å²) in [4.78, 5) is 0. The highest BCUT2D eigenvalue weighted by Crippen LogP contribution is 2.24. The summed E-state index contributed by atoms with van der Waals surface area (Å²) < 4.78 is 0. The second-order valence-corrected chi connectivity index (χ2v) is 9.29. The van der Waals surface area contributed by atoms with E-state index in [2.05, 4.69) is 33.0 Å². The quantitative estimate of drug-likeness (QED) is 0.477. The number of hydrogen-bond acceptors (Lipinski definition) is 1. The molecule has 0 saturated carbocycles. The van der Waals surface area contributed by atoms with Gasteiger partial charge in [0.05, 0.1) is 8.07 Å². The van der Waals surface area contributed by atoms with Crippen molar-refractivity contribution in [1.29, 1.82) is 0 Å². The minimum Gasteiger partial charge on any atom is -0.317 e. The molecule has 0 aliphatic rings. The molecule has 12 heavy (non-hydrogen) atoms. The van der Waals surface area contributed by atoms with Gasteiger partial charge in [-0.2, -0.15) is 0 Å². The molecule has 0 aromatic rings. The largest absolute Gasteiger partial charge is 0.317 e. The molecule has 0 amide bonds. The molecule has 0 heterocycles. The Morgan fingerprint density at radius 1 is 0.917 bits per heavy atom. The van der Waals surface area contributed by atoms with Crippen LogP contribution in [0.2, 0.25) is 24.2 Å². The molecule has 0 fully saturated rings. The zero-order valence-electron chi connectivity index (χ0n) is 9.24. The van der Waals surface area contributed by atoms with Crippen molar-refractivity contribution < 1.29 is 0 Å². The standard InChI is InChI=1S/C10H25NSi/c1-5-11-9-10-12(6-2,7-3)8-4/h11H,5-10H2,1-4H3. The fourth-order valence-corrected chi connectivity index (χ4v) is 5.08. The first kappa shape index (κ1) is 12.2. The SMILES string of the molecule is CCNCC[Si](CC)(CC)CC. The van der Waals surface area contributed by atoms with E-state index in [1.165, 1.54) is 30.7 Å². The first-order chi connectivity index (χ1) is 5.74. The first-order valence-electron chi connectivity index (χ1n) is 5.45. The van der Waals surface area contributed by atoms with Gasteiger partial charge in [0, 0.05) is 0 Å². The molecule has 0 saturated heterocycles. The Morgan fingerprint density at radius 2 is 1.42 bits per heavy atom. The molecule has 2 heteroatoms. The first-order valence-corrected chi connectivity index (χ1v) is 8.28. The van der Waals surface area contributed by atoms with Crippen molar-refractivity contribution in [2.24, 2.45) is 0 Å². The molecule has 0 aromatic heterocycles. The lowest BCUT2D eigenvalue weighted by molar-refractivity contribution is 0.750. The monoisotopic (exact) mass is 187 g/mol.